The van der Waals surface area contributed by atoms with E-state index in [2.05, 4.69) is 0 Å². The number of carboxylic acids is 1. The molecule has 1 rings (SSSR count). The van der Waals surface area contributed by atoms with Gasteiger partial charge in [-0.25, -0.2) is 0 Å². The monoisotopic (exact) mass is 621 g/mol. The highest BCUT2D eigenvalue weighted by atomic mass is 16.6. The Morgan fingerprint density at radius 1 is 0.512 bits per heavy atom. The fourth-order valence-electron chi connectivity index (χ4n) is 3.28. The van der Waals surface area contributed by atoms with Crippen molar-refractivity contribution in [1.29, 1.82) is 0 Å². The highest BCUT2D eigenvalue weighted by molar-refractivity contribution is 6.12. The van der Waals surface area contributed by atoms with Gasteiger partial charge in [-0.15, -0.1) is 0 Å². The van der Waals surface area contributed by atoms with Crippen molar-refractivity contribution in [2.45, 2.75) is 25.7 Å². The van der Waals surface area contributed by atoms with Crippen LogP contribution in [0.25, 0.3) is 0 Å². The number of rotatable bonds is 32. The van der Waals surface area contributed by atoms with Crippen LogP contribution >= 0.6 is 0 Å². The molecule has 0 aromatic carbocycles. The van der Waals surface area contributed by atoms with Gasteiger partial charge in [0.05, 0.1) is 112 Å². The van der Waals surface area contributed by atoms with Gasteiger partial charge in [0.1, 0.15) is 6.61 Å². The summed E-state index contributed by atoms with van der Waals surface area (Å²) in [6.45, 7) is 6.92. The van der Waals surface area contributed by atoms with E-state index in [1.54, 1.807) is 0 Å². The maximum atomic E-state index is 11.5. The van der Waals surface area contributed by atoms with Crippen molar-refractivity contribution in [3.63, 3.8) is 0 Å². The van der Waals surface area contributed by atoms with Gasteiger partial charge in [0.25, 0.3) is 11.8 Å². The van der Waals surface area contributed by atoms with Crippen LogP contribution in [-0.2, 0) is 61.8 Å². The zero-order valence-corrected chi connectivity index (χ0v) is 24.9. The molecule has 43 heavy (non-hydrogen) atoms. The third-order valence-corrected chi connectivity index (χ3v) is 5.48. The predicted molar refractivity (Wildman–Crippen MR) is 149 cm³/mol. The molecule has 15 heteroatoms. The fourth-order valence-corrected chi connectivity index (χ4v) is 3.28. The van der Waals surface area contributed by atoms with E-state index in [4.69, 9.17) is 47.7 Å². The molecule has 15 nitrogen and oxygen atoms in total. The Morgan fingerprint density at radius 3 is 1.21 bits per heavy atom. The smallest absolute Gasteiger partial charge is 0.305 e. The molecule has 0 aromatic heterocycles. The van der Waals surface area contributed by atoms with Crippen LogP contribution in [0.1, 0.15) is 25.7 Å². The molecule has 0 radical (unpaired) electrons. The summed E-state index contributed by atoms with van der Waals surface area (Å²) in [5, 5.41) is 8.53. The van der Waals surface area contributed by atoms with E-state index in [0.717, 1.165) is 4.90 Å². The minimum absolute atomic E-state index is 0.0551. The molecule has 1 heterocycles. The summed E-state index contributed by atoms with van der Waals surface area (Å²) in [7, 11) is 0. The Balaban J connectivity index is 1.66. The van der Waals surface area contributed by atoms with E-state index >= 15 is 0 Å². The molecule has 0 bridgehead atoms. The maximum absolute atomic E-state index is 11.5. The topological polar surface area (TPSA) is 175 Å². The largest absolute Gasteiger partial charge is 0.481 e. The molecule has 0 unspecified atom stereocenters. The lowest BCUT2D eigenvalue weighted by molar-refractivity contribution is -0.146. The van der Waals surface area contributed by atoms with Crippen LogP contribution in [0.4, 0.5) is 0 Å². The van der Waals surface area contributed by atoms with Gasteiger partial charge in [0, 0.05) is 25.0 Å². The molecule has 0 aromatic rings. The van der Waals surface area contributed by atoms with Gasteiger partial charge in [0.15, 0.2) is 0 Å². The minimum atomic E-state index is -0.868. The first kappa shape index (κ1) is 38.5. The number of amides is 2. The Bertz CT molecular complexity index is 761. The summed E-state index contributed by atoms with van der Waals surface area (Å²) in [6, 6.07) is 0. The molecule has 1 aliphatic rings. The molecule has 0 saturated heterocycles. The third-order valence-electron chi connectivity index (χ3n) is 5.48. The average molecular weight is 622 g/mol. The molecule has 0 fully saturated rings. The first-order valence-corrected chi connectivity index (χ1v) is 14.5. The summed E-state index contributed by atoms with van der Waals surface area (Å²) in [4.78, 5) is 45.7. The van der Waals surface area contributed by atoms with E-state index in [-0.39, 0.29) is 57.0 Å². The van der Waals surface area contributed by atoms with E-state index in [1.165, 1.54) is 12.2 Å². The molecular formula is C28H47NO14. The number of imide groups is 1. The first-order valence-electron chi connectivity index (χ1n) is 14.5. The second-order valence-corrected chi connectivity index (χ2v) is 8.88. The van der Waals surface area contributed by atoms with E-state index in [1.807, 2.05) is 0 Å². The van der Waals surface area contributed by atoms with Crippen molar-refractivity contribution in [2.24, 2.45) is 0 Å². The Morgan fingerprint density at radius 2 is 0.837 bits per heavy atom. The quantitative estimate of drug-likeness (QED) is 0.0614. The van der Waals surface area contributed by atoms with Crippen molar-refractivity contribution in [3.05, 3.63) is 12.2 Å². The zero-order chi connectivity index (χ0) is 31.2. The molecule has 1 N–H and O–H groups in total. The first-order chi connectivity index (χ1) is 21.0. The average Bonchev–Trinajstić information content (AvgIpc) is 3.31. The number of unbranched alkanes of at least 4 members (excludes halogenated alkanes) is 1. The van der Waals surface area contributed by atoms with Gasteiger partial charge < -0.3 is 47.7 Å². The van der Waals surface area contributed by atoms with Crippen LogP contribution < -0.4 is 0 Å². The summed E-state index contributed by atoms with van der Waals surface area (Å²) in [5.41, 5.74) is 0. The second-order valence-electron chi connectivity index (χ2n) is 8.88. The lowest BCUT2D eigenvalue weighted by Crippen LogP contribution is -2.33. The Hall–Kier alpha value is -2.50. The molecule has 248 valence electrons. The van der Waals surface area contributed by atoms with Gasteiger partial charge in [-0.3, -0.25) is 24.1 Å². The standard InChI is InChI=1S/C28H47NO14/c30-25-5-6-26(31)29(25)7-8-35-9-10-36-11-12-37-13-14-38-15-16-39-17-18-40-19-20-41-21-22-42-23-24-43-28(34)4-2-1-3-27(32)33/h5-6H,1-4,7-24H2,(H,32,33). The number of carboxylic acid groups (broad SMARTS) is 1. The summed E-state index contributed by atoms with van der Waals surface area (Å²) >= 11 is 0. The summed E-state index contributed by atoms with van der Waals surface area (Å²) < 4.78 is 48.1. The van der Waals surface area contributed by atoms with E-state index < -0.39 is 5.97 Å². The SMILES string of the molecule is O=C(O)CCCCC(=O)OCCOCCOCCOCCOCCOCCOCCOCCOCCN1C(=O)C=CC1=O. The molecule has 0 spiro atoms. The molecule has 1 aliphatic heterocycles. The van der Waals surface area contributed by atoms with Crippen molar-refractivity contribution in [3.8, 4) is 0 Å². The number of carbonyl (C=O) groups excluding carboxylic acids is 3. The fraction of sp³-hybridized carbons (Fsp3) is 0.786. The van der Waals surface area contributed by atoms with Crippen molar-refractivity contribution in [1.82, 2.24) is 4.90 Å². The second kappa shape index (κ2) is 28.3. The Labute approximate surface area is 252 Å². The molecular weight excluding hydrogens is 574 g/mol. The van der Waals surface area contributed by atoms with Crippen molar-refractivity contribution >= 4 is 23.8 Å². The van der Waals surface area contributed by atoms with Crippen LogP contribution in [0.2, 0.25) is 0 Å². The van der Waals surface area contributed by atoms with Crippen LogP contribution in [-0.4, -0.2) is 153 Å². The van der Waals surface area contributed by atoms with E-state index in [0.29, 0.717) is 105 Å². The zero-order valence-electron chi connectivity index (χ0n) is 24.9. The van der Waals surface area contributed by atoms with Crippen LogP contribution in [0, 0.1) is 0 Å². The van der Waals surface area contributed by atoms with Crippen molar-refractivity contribution < 1.29 is 66.9 Å². The molecule has 0 atom stereocenters. The van der Waals surface area contributed by atoms with Crippen LogP contribution in [0.5, 0.6) is 0 Å². The maximum Gasteiger partial charge on any atom is 0.305 e. The Kier molecular flexibility index (Phi) is 25.3. The van der Waals surface area contributed by atoms with Crippen LogP contribution in [0.15, 0.2) is 12.2 Å². The van der Waals surface area contributed by atoms with Gasteiger partial charge in [-0.1, -0.05) is 0 Å². The van der Waals surface area contributed by atoms with Gasteiger partial charge in [0.2, 0.25) is 0 Å². The van der Waals surface area contributed by atoms with Crippen LogP contribution in [0.3, 0.4) is 0 Å². The lowest BCUT2D eigenvalue weighted by atomic mass is 10.2. The number of ether oxygens (including phenoxy) is 9. The highest BCUT2D eigenvalue weighted by Crippen LogP contribution is 2.03. The number of hydrogen-bond acceptors (Lipinski definition) is 13. The summed E-state index contributed by atoms with van der Waals surface area (Å²) in [5.74, 6) is -1.85. The third kappa shape index (κ3) is 24.6. The molecule has 2 amide bonds. The number of nitrogens with zero attached hydrogens (tertiary/aromatic N) is 1. The van der Waals surface area contributed by atoms with Gasteiger partial charge in [-0.05, 0) is 12.8 Å². The minimum Gasteiger partial charge on any atom is -0.481 e. The highest BCUT2D eigenvalue weighted by Gasteiger charge is 2.22. The molecule has 0 aliphatic carbocycles. The van der Waals surface area contributed by atoms with E-state index in [9.17, 15) is 19.2 Å². The number of carbonyl (C=O) groups is 4. The summed E-state index contributed by atoms with van der Waals surface area (Å²) in [6.07, 6.45) is 3.71. The number of aliphatic carboxylic acids is 1. The predicted octanol–water partition coefficient (Wildman–Crippen LogP) is 0.232. The van der Waals surface area contributed by atoms with Crippen molar-refractivity contribution in [2.75, 3.05) is 119 Å². The van der Waals surface area contributed by atoms with Gasteiger partial charge >= 0.3 is 11.9 Å². The van der Waals surface area contributed by atoms with Gasteiger partial charge in [-0.2, -0.15) is 0 Å². The number of esters is 1. The normalized spacial score (nSPS) is 12.9. The molecule has 0 saturated carbocycles. The lowest BCUT2D eigenvalue weighted by Gasteiger charge is -2.13. The number of hydrogen-bond donors (Lipinski definition) is 1.